The molecule has 1 aliphatic heterocycles. The van der Waals surface area contributed by atoms with Crippen molar-refractivity contribution in [2.45, 2.75) is 6.42 Å². The zero-order valence-electron chi connectivity index (χ0n) is 11.7. The van der Waals surface area contributed by atoms with Crippen LogP contribution >= 0.6 is 11.6 Å². The first-order valence-corrected chi connectivity index (χ1v) is 7.10. The number of nitro benzene ring substituents is 1. The maximum Gasteiger partial charge on any atom is 0.283 e. The zero-order valence-corrected chi connectivity index (χ0v) is 12.5. The average Bonchev–Trinajstić information content (AvgIpc) is 2.79. The summed E-state index contributed by atoms with van der Waals surface area (Å²) in [4.78, 5) is 40.2. The van der Waals surface area contributed by atoms with Crippen molar-refractivity contribution >= 4 is 29.1 Å². The standard InChI is InChI=1S/C15H10ClN3O4/c16-10-3-4-11(19(22)23)13-12(10)14(20)18(15(13)21)7-5-9-2-1-6-17-8-9/h1-4,6,8H,5,7H2. The van der Waals surface area contributed by atoms with Gasteiger partial charge in [-0.15, -0.1) is 0 Å². The molecule has 0 saturated heterocycles. The first kappa shape index (κ1) is 15.1. The van der Waals surface area contributed by atoms with E-state index in [1.807, 2.05) is 6.07 Å². The Hall–Kier alpha value is -2.80. The fraction of sp³-hybridized carbons (Fsp3) is 0.133. The van der Waals surface area contributed by atoms with Crippen molar-refractivity contribution in [1.29, 1.82) is 0 Å². The van der Waals surface area contributed by atoms with Gasteiger partial charge < -0.3 is 0 Å². The number of benzene rings is 1. The molecule has 8 heteroatoms. The predicted molar refractivity (Wildman–Crippen MR) is 81.4 cm³/mol. The lowest BCUT2D eigenvalue weighted by atomic mass is 10.1. The monoisotopic (exact) mass is 331 g/mol. The van der Waals surface area contributed by atoms with Crippen LogP contribution < -0.4 is 0 Å². The van der Waals surface area contributed by atoms with E-state index in [0.717, 1.165) is 16.5 Å². The Labute approximate surface area is 135 Å². The Morgan fingerprint density at radius 2 is 1.91 bits per heavy atom. The molecule has 0 atom stereocenters. The Bertz CT molecular complexity index is 823. The molecular weight excluding hydrogens is 322 g/mol. The summed E-state index contributed by atoms with van der Waals surface area (Å²) in [5.74, 6) is -1.30. The molecule has 0 N–H and O–H groups in total. The van der Waals surface area contributed by atoms with Gasteiger partial charge >= 0.3 is 0 Å². The number of rotatable bonds is 4. The average molecular weight is 332 g/mol. The molecule has 0 bridgehead atoms. The van der Waals surface area contributed by atoms with Gasteiger partial charge in [-0.2, -0.15) is 0 Å². The molecule has 0 saturated carbocycles. The quantitative estimate of drug-likeness (QED) is 0.487. The first-order chi connectivity index (χ1) is 11.0. The van der Waals surface area contributed by atoms with Gasteiger partial charge in [0.05, 0.1) is 15.5 Å². The van der Waals surface area contributed by atoms with E-state index in [-0.39, 0.29) is 22.7 Å². The topological polar surface area (TPSA) is 93.4 Å². The summed E-state index contributed by atoms with van der Waals surface area (Å²) in [5, 5.41) is 11.1. The largest absolute Gasteiger partial charge is 0.283 e. The number of aromatic nitrogens is 1. The van der Waals surface area contributed by atoms with E-state index in [1.165, 1.54) is 6.07 Å². The molecule has 0 fully saturated rings. The summed E-state index contributed by atoms with van der Waals surface area (Å²) >= 11 is 5.96. The molecular formula is C15H10ClN3O4. The van der Waals surface area contributed by atoms with Crippen LogP contribution in [0.2, 0.25) is 5.02 Å². The maximum absolute atomic E-state index is 12.4. The number of pyridine rings is 1. The third-order valence-electron chi connectivity index (χ3n) is 3.59. The number of nitrogens with zero attached hydrogens (tertiary/aromatic N) is 3. The fourth-order valence-corrected chi connectivity index (χ4v) is 2.73. The van der Waals surface area contributed by atoms with Crippen molar-refractivity contribution in [1.82, 2.24) is 9.88 Å². The predicted octanol–water partition coefficient (Wildman–Crippen LogP) is 2.48. The van der Waals surface area contributed by atoms with Crippen LogP contribution in [0.15, 0.2) is 36.7 Å². The van der Waals surface area contributed by atoms with Crippen LogP contribution in [0.3, 0.4) is 0 Å². The number of halogens is 1. The van der Waals surface area contributed by atoms with Crippen LogP contribution in [0.1, 0.15) is 26.3 Å². The van der Waals surface area contributed by atoms with Gasteiger partial charge in [0.15, 0.2) is 0 Å². The molecule has 7 nitrogen and oxygen atoms in total. The van der Waals surface area contributed by atoms with E-state index in [2.05, 4.69) is 4.98 Å². The maximum atomic E-state index is 12.4. The number of imide groups is 1. The van der Waals surface area contributed by atoms with Crippen molar-refractivity contribution in [2.24, 2.45) is 0 Å². The van der Waals surface area contributed by atoms with E-state index in [9.17, 15) is 19.7 Å². The highest BCUT2D eigenvalue weighted by atomic mass is 35.5. The Morgan fingerprint density at radius 3 is 2.57 bits per heavy atom. The molecule has 0 unspecified atom stereocenters. The van der Waals surface area contributed by atoms with E-state index in [4.69, 9.17) is 11.6 Å². The Kier molecular flexibility index (Phi) is 3.79. The van der Waals surface area contributed by atoms with E-state index >= 15 is 0 Å². The van der Waals surface area contributed by atoms with Gasteiger partial charge in [0.25, 0.3) is 17.5 Å². The summed E-state index contributed by atoms with van der Waals surface area (Å²) in [6, 6.07) is 5.96. The van der Waals surface area contributed by atoms with Gasteiger partial charge in [0.1, 0.15) is 5.56 Å². The molecule has 0 aliphatic carbocycles. The number of hydrogen-bond donors (Lipinski definition) is 0. The second-order valence-electron chi connectivity index (χ2n) is 4.95. The van der Waals surface area contributed by atoms with Gasteiger partial charge in [-0.1, -0.05) is 17.7 Å². The minimum atomic E-state index is -0.692. The normalized spacial score (nSPS) is 13.3. The summed E-state index contributed by atoms with van der Waals surface area (Å²) in [5.41, 5.74) is 0.104. The van der Waals surface area contributed by atoms with Crippen molar-refractivity contribution in [3.63, 3.8) is 0 Å². The lowest BCUT2D eigenvalue weighted by molar-refractivity contribution is -0.385. The lowest BCUT2D eigenvalue weighted by Gasteiger charge is -2.13. The molecule has 0 radical (unpaired) electrons. The van der Waals surface area contributed by atoms with Crippen LogP contribution in [0.25, 0.3) is 0 Å². The van der Waals surface area contributed by atoms with Gasteiger partial charge in [-0.05, 0) is 24.1 Å². The summed E-state index contributed by atoms with van der Waals surface area (Å²) < 4.78 is 0. The van der Waals surface area contributed by atoms with Crippen LogP contribution in [0.4, 0.5) is 5.69 Å². The molecule has 0 spiro atoms. The first-order valence-electron chi connectivity index (χ1n) is 6.72. The molecule has 23 heavy (non-hydrogen) atoms. The van der Waals surface area contributed by atoms with Crippen molar-refractivity contribution in [2.75, 3.05) is 6.54 Å². The lowest BCUT2D eigenvalue weighted by Crippen LogP contribution is -2.31. The van der Waals surface area contributed by atoms with Gasteiger partial charge in [0, 0.05) is 25.0 Å². The summed E-state index contributed by atoms with van der Waals surface area (Å²) in [7, 11) is 0. The minimum absolute atomic E-state index is 0.0350. The second-order valence-corrected chi connectivity index (χ2v) is 5.35. The zero-order chi connectivity index (χ0) is 16.6. The number of hydrogen-bond acceptors (Lipinski definition) is 5. The minimum Gasteiger partial charge on any atom is -0.274 e. The second kappa shape index (κ2) is 5.77. The van der Waals surface area contributed by atoms with Crippen molar-refractivity contribution in [3.8, 4) is 0 Å². The van der Waals surface area contributed by atoms with Crippen LogP contribution in [0, 0.1) is 10.1 Å². The molecule has 1 aromatic heterocycles. The molecule has 3 rings (SSSR count). The van der Waals surface area contributed by atoms with Crippen LogP contribution in [-0.2, 0) is 6.42 Å². The van der Waals surface area contributed by atoms with Crippen LogP contribution in [0.5, 0.6) is 0 Å². The number of carbonyl (C=O) groups is 2. The van der Waals surface area contributed by atoms with Crippen molar-refractivity contribution < 1.29 is 14.5 Å². The number of amides is 2. The highest BCUT2D eigenvalue weighted by Gasteiger charge is 2.42. The molecule has 2 aromatic rings. The smallest absolute Gasteiger partial charge is 0.274 e. The molecule has 1 aliphatic rings. The van der Waals surface area contributed by atoms with Crippen molar-refractivity contribution in [3.05, 3.63) is 68.5 Å². The van der Waals surface area contributed by atoms with E-state index in [0.29, 0.717) is 6.42 Å². The van der Waals surface area contributed by atoms with Gasteiger partial charge in [-0.3, -0.25) is 29.6 Å². The highest BCUT2D eigenvalue weighted by Crippen LogP contribution is 2.35. The SMILES string of the molecule is O=C1c2c(Cl)ccc([N+](=O)[O-])c2C(=O)N1CCc1cccnc1. The van der Waals surface area contributed by atoms with Gasteiger partial charge in [-0.25, -0.2) is 0 Å². The molecule has 2 heterocycles. The number of carbonyl (C=O) groups excluding carboxylic acids is 2. The summed E-state index contributed by atoms with van der Waals surface area (Å²) in [6.45, 7) is 0.103. The molecule has 116 valence electrons. The Balaban J connectivity index is 1.93. The molecule has 2 amide bonds. The van der Waals surface area contributed by atoms with E-state index in [1.54, 1.807) is 18.5 Å². The Morgan fingerprint density at radius 1 is 1.17 bits per heavy atom. The van der Waals surface area contributed by atoms with E-state index < -0.39 is 22.4 Å². The fourth-order valence-electron chi connectivity index (χ4n) is 2.50. The highest BCUT2D eigenvalue weighted by molar-refractivity contribution is 6.37. The van der Waals surface area contributed by atoms with Crippen LogP contribution in [-0.4, -0.2) is 33.2 Å². The summed E-state index contributed by atoms with van der Waals surface area (Å²) in [6.07, 6.45) is 3.66. The molecule has 1 aromatic carbocycles. The number of fused-ring (bicyclic) bond motifs is 1. The number of nitro groups is 1. The third-order valence-corrected chi connectivity index (χ3v) is 3.91. The van der Waals surface area contributed by atoms with Gasteiger partial charge in [0.2, 0.25) is 0 Å². The third kappa shape index (κ3) is 2.55.